The number of benzene rings is 3. The van der Waals surface area contributed by atoms with Crippen LogP contribution in [0.2, 0.25) is 0 Å². The Bertz CT molecular complexity index is 691. The molecule has 0 aliphatic carbocycles. The lowest BCUT2D eigenvalue weighted by Crippen LogP contribution is -2.36. The second-order valence-corrected chi connectivity index (χ2v) is 9.58. The van der Waals surface area contributed by atoms with Crippen LogP contribution in [0, 0.1) is 0 Å². The summed E-state index contributed by atoms with van der Waals surface area (Å²) in [4.78, 5) is 10.9. The SMILES string of the molecule is CC(C[P+](c1ccccc1)(c1ccccc1)c1ccccc1)OC=O. The summed E-state index contributed by atoms with van der Waals surface area (Å²) in [5.74, 6) is 0. The highest BCUT2D eigenvalue weighted by atomic mass is 31.2. The van der Waals surface area contributed by atoms with Gasteiger partial charge in [0.15, 0.2) is 0 Å². The van der Waals surface area contributed by atoms with Crippen LogP contribution in [0.5, 0.6) is 0 Å². The standard InChI is InChI=1S/C22H22O2P/c1-19(24-18-23)17-25(20-11-5-2-6-12-20,21-13-7-3-8-14-21)22-15-9-4-10-16-22/h2-16,18-19H,17H2,1H3/q+1. The quantitative estimate of drug-likeness (QED) is 0.482. The Kier molecular flexibility index (Phi) is 5.63. The molecule has 3 aromatic rings. The molecule has 0 saturated heterocycles. The molecule has 0 amide bonds. The fourth-order valence-corrected chi connectivity index (χ4v) is 7.76. The van der Waals surface area contributed by atoms with Gasteiger partial charge >= 0.3 is 0 Å². The summed E-state index contributed by atoms with van der Waals surface area (Å²) in [6.45, 7) is 2.53. The van der Waals surface area contributed by atoms with Crippen LogP contribution in [0.1, 0.15) is 6.92 Å². The van der Waals surface area contributed by atoms with Crippen molar-refractivity contribution >= 4 is 29.6 Å². The lowest BCUT2D eigenvalue weighted by Gasteiger charge is -2.29. The molecule has 0 fully saturated rings. The van der Waals surface area contributed by atoms with E-state index in [0.717, 1.165) is 6.16 Å². The largest absolute Gasteiger partial charge is 0.461 e. The van der Waals surface area contributed by atoms with Gasteiger partial charge in [-0.2, -0.15) is 0 Å². The van der Waals surface area contributed by atoms with E-state index in [-0.39, 0.29) is 6.10 Å². The molecule has 0 spiro atoms. The van der Waals surface area contributed by atoms with Crippen molar-refractivity contribution < 1.29 is 9.53 Å². The molecule has 0 aromatic heterocycles. The summed E-state index contributed by atoms with van der Waals surface area (Å²) in [6.07, 6.45) is 0.621. The zero-order valence-corrected chi connectivity index (χ0v) is 15.2. The molecule has 0 radical (unpaired) electrons. The van der Waals surface area contributed by atoms with Gasteiger partial charge in [-0.3, -0.25) is 4.79 Å². The van der Waals surface area contributed by atoms with Crippen LogP contribution >= 0.6 is 7.26 Å². The van der Waals surface area contributed by atoms with Crippen molar-refractivity contribution in [2.75, 3.05) is 6.16 Å². The summed E-state index contributed by atoms with van der Waals surface area (Å²) in [5.41, 5.74) is 0. The average Bonchev–Trinajstić information content (AvgIpc) is 2.68. The minimum atomic E-state index is -1.92. The van der Waals surface area contributed by atoms with Gasteiger partial charge in [0.1, 0.15) is 35.4 Å². The molecule has 2 nitrogen and oxygen atoms in total. The first kappa shape index (κ1) is 17.4. The summed E-state index contributed by atoms with van der Waals surface area (Å²) in [7, 11) is -1.92. The number of ether oxygens (including phenoxy) is 1. The van der Waals surface area contributed by atoms with E-state index in [1.54, 1.807) is 0 Å². The van der Waals surface area contributed by atoms with E-state index in [2.05, 4.69) is 72.8 Å². The fourth-order valence-electron chi connectivity index (χ4n) is 3.33. The third kappa shape index (κ3) is 3.65. The molecular formula is C22H22O2P+. The highest BCUT2D eigenvalue weighted by Gasteiger charge is 2.46. The molecule has 0 aliphatic heterocycles. The van der Waals surface area contributed by atoms with Crippen molar-refractivity contribution in [2.24, 2.45) is 0 Å². The molecule has 1 atom stereocenters. The first-order chi connectivity index (χ1) is 12.3. The van der Waals surface area contributed by atoms with Crippen LogP contribution in [0.4, 0.5) is 0 Å². The number of hydrogen-bond donors (Lipinski definition) is 0. The second-order valence-electron chi connectivity index (χ2n) is 6.04. The Morgan fingerprint density at radius 1 is 0.760 bits per heavy atom. The maximum Gasteiger partial charge on any atom is 0.293 e. The van der Waals surface area contributed by atoms with Gasteiger partial charge in [0.2, 0.25) is 0 Å². The summed E-state index contributed by atoms with van der Waals surface area (Å²) in [6, 6.07) is 31.8. The third-order valence-electron chi connectivity index (χ3n) is 4.41. The summed E-state index contributed by atoms with van der Waals surface area (Å²) in [5, 5.41) is 3.90. The van der Waals surface area contributed by atoms with Gasteiger partial charge in [-0.05, 0) is 43.3 Å². The Balaban J connectivity index is 2.25. The van der Waals surface area contributed by atoms with Gasteiger partial charge in [0.05, 0.1) is 0 Å². The van der Waals surface area contributed by atoms with Crippen LogP contribution in [0.3, 0.4) is 0 Å². The fraction of sp³-hybridized carbons (Fsp3) is 0.136. The maximum atomic E-state index is 10.9. The van der Waals surface area contributed by atoms with Gasteiger partial charge in [-0.1, -0.05) is 54.6 Å². The summed E-state index contributed by atoms with van der Waals surface area (Å²) < 4.78 is 5.31. The molecule has 0 aliphatic rings. The highest BCUT2D eigenvalue weighted by molar-refractivity contribution is 7.95. The Morgan fingerprint density at radius 2 is 1.12 bits per heavy atom. The molecule has 0 saturated carbocycles. The normalized spacial score (nSPS) is 12.4. The topological polar surface area (TPSA) is 26.3 Å². The predicted octanol–water partition coefficient (Wildman–Crippen LogP) is 3.54. The molecule has 0 N–H and O–H groups in total. The average molecular weight is 349 g/mol. The number of carbonyl (C=O) groups excluding carboxylic acids is 1. The first-order valence-electron chi connectivity index (χ1n) is 8.41. The Morgan fingerprint density at radius 3 is 1.44 bits per heavy atom. The minimum absolute atomic E-state index is 0.161. The predicted molar refractivity (Wildman–Crippen MR) is 107 cm³/mol. The van der Waals surface area contributed by atoms with E-state index in [1.807, 2.05) is 25.1 Å². The van der Waals surface area contributed by atoms with Crippen molar-refractivity contribution in [1.82, 2.24) is 0 Å². The zero-order valence-electron chi connectivity index (χ0n) is 14.3. The molecule has 3 heteroatoms. The van der Waals surface area contributed by atoms with Crippen molar-refractivity contribution in [1.29, 1.82) is 0 Å². The monoisotopic (exact) mass is 349 g/mol. The van der Waals surface area contributed by atoms with Crippen molar-refractivity contribution in [2.45, 2.75) is 13.0 Å². The number of carbonyl (C=O) groups is 1. The Hall–Kier alpha value is -2.44. The van der Waals surface area contributed by atoms with Gasteiger partial charge in [0, 0.05) is 0 Å². The van der Waals surface area contributed by atoms with Crippen LogP contribution in [0.15, 0.2) is 91.0 Å². The lowest BCUT2D eigenvalue weighted by molar-refractivity contribution is -0.131. The van der Waals surface area contributed by atoms with E-state index in [9.17, 15) is 4.79 Å². The van der Waals surface area contributed by atoms with E-state index < -0.39 is 7.26 Å². The van der Waals surface area contributed by atoms with Crippen LogP contribution in [-0.4, -0.2) is 18.7 Å². The molecule has 126 valence electrons. The number of hydrogen-bond acceptors (Lipinski definition) is 2. The van der Waals surface area contributed by atoms with Crippen LogP contribution in [-0.2, 0) is 9.53 Å². The molecule has 3 aromatic carbocycles. The number of rotatable bonds is 7. The zero-order chi connectivity index (χ0) is 17.5. The van der Waals surface area contributed by atoms with Gasteiger partial charge in [0.25, 0.3) is 6.47 Å². The van der Waals surface area contributed by atoms with Crippen molar-refractivity contribution in [3.05, 3.63) is 91.0 Å². The Labute approximate surface area is 149 Å². The summed E-state index contributed by atoms with van der Waals surface area (Å²) >= 11 is 0. The molecule has 3 rings (SSSR count). The molecule has 0 bridgehead atoms. The highest BCUT2D eigenvalue weighted by Crippen LogP contribution is 2.55. The van der Waals surface area contributed by atoms with Crippen molar-refractivity contribution in [3.8, 4) is 0 Å². The maximum absolute atomic E-state index is 10.9. The van der Waals surface area contributed by atoms with E-state index in [4.69, 9.17) is 4.74 Å². The molecule has 0 heterocycles. The second kappa shape index (κ2) is 8.09. The first-order valence-corrected chi connectivity index (χ1v) is 10.4. The van der Waals surface area contributed by atoms with E-state index in [0.29, 0.717) is 6.47 Å². The third-order valence-corrected chi connectivity index (χ3v) is 9.01. The van der Waals surface area contributed by atoms with E-state index in [1.165, 1.54) is 15.9 Å². The van der Waals surface area contributed by atoms with Crippen molar-refractivity contribution in [3.63, 3.8) is 0 Å². The molecule has 1 unspecified atom stereocenters. The lowest BCUT2D eigenvalue weighted by atomic mass is 10.3. The minimum Gasteiger partial charge on any atom is -0.461 e. The van der Waals surface area contributed by atoms with Gasteiger partial charge in [-0.15, -0.1) is 0 Å². The van der Waals surface area contributed by atoms with Gasteiger partial charge in [-0.25, -0.2) is 0 Å². The smallest absolute Gasteiger partial charge is 0.293 e. The molecule has 25 heavy (non-hydrogen) atoms. The van der Waals surface area contributed by atoms with E-state index >= 15 is 0 Å². The van der Waals surface area contributed by atoms with Gasteiger partial charge < -0.3 is 4.74 Å². The van der Waals surface area contributed by atoms with Crippen LogP contribution < -0.4 is 15.9 Å². The van der Waals surface area contributed by atoms with Crippen LogP contribution in [0.25, 0.3) is 0 Å². The molecular weight excluding hydrogens is 327 g/mol.